The first-order valence-corrected chi connectivity index (χ1v) is 5.28. The van der Waals surface area contributed by atoms with Crippen molar-refractivity contribution in [2.45, 2.75) is 27.2 Å². The van der Waals surface area contributed by atoms with Crippen LogP contribution < -0.4 is 0 Å². The summed E-state index contributed by atoms with van der Waals surface area (Å²) in [5.41, 5.74) is 3.33. The topological polar surface area (TPSA) is 40.5 Å². The molecule has 0 saturated heterocycles. The number of carbonyl (C=O) groups is 1. The monoisotopic (exact) mass is 209 g/mol. The molecule has 15 heavy (non-hydrogen) atoms. The molecule has 0 aromatic carbocycles. The third-order valence-electron chi connectivity index (χ3n) is 2.99. The lowest BCUT2D eigenvalue weighted by Crippen LogP contribution is -2.31. The van der Waals surface area contributed by atoms with Crippen molar-refractivity contribution in [2.75, 3.05) is 19.6 Å². The van der Waals surface area contributed by atoms with E-state index >= 15 is 0 Å². The van der Waals surface area contributed by atoms with E-state index in [0.717, 1.165) is 26.1 Å². The van der Waals surface area contributed by atoms with Crippen molar-refractivity contribution in [3.05, 3.63) is 22.8 Å². The largest absolute Gasteiger partial charge is 0.478 e. The molecule has 0 aromatic heterocycles. The average molecular weight is 209 g/mol. The van der Waals surface area contributed by atoms with Crippen LogP contribution >= 0.6 is 0 Å². The second-order valence-corrected chi connectivity index (χ2v) is 4.24. The Bertz CT molecular complexity index is 316. The molecule has 0 radical (unpaired) electrons. The van der Waals surface area contributed by atoms with E-state index in [9.17, 15) is 4.79 Å². The molecule has 1 aliphatic heterocycles. The first kappa shape index (κ1) is 12.0. The van der Waals surface area contributed by atoms with Gasteiger partial charge >= 0.3 is 5.97 Å². The van der Waals surface area contributed by atoms with E-state index in [2.05, 4.69) is 18.7 Å². The summed E-state index contributed by atoms with van der Waals surface area (Å²) in [6, 6.07) is 0. The molecule has 0 fully saturated rings. The zero-order chi connectivity index (χ0) is 11.4. The smallest absolute Gasteiger partial charge is 0.330 e. The highest BCUT2D eigenvalue weighted by Crippen LogP contribution is 2.16. The maximum Gasteiger partial charge on any atom is 0.330 e. The molecular formula is C12H19NO2. The minimum absolute atomic E-state index is 0.430. The highest BCUT2D eigenvalue weighted by Gasteiger charge is 2.12. The van der Waals surface area contributed by atoms with E-state index in [4.69, 9.17) is 5.11 Å². The maximum absolute atomic E-state index is 10.6. The Morgan fingerprint density at radius 1 is 1.47 bits per heavy atom. The number of rotatable bonds is 3. The molecule has 0 unspecified atom stereocenters. The molecule has 0 aromatic rings. The quantitative estimate of drug-likeness (QED) is 0.571. The van der Waals surface area contributed by atoms with Gasteiger partial charge in [-0.25, -0.2) is 4.79 Å². The molecule has 0 saturated carbocycles. The molecule has 1 N–H and O–H groups in total. The summed E-state index contributed by atoms with van der Waals surface area (Å²) in [7, 11) is 0. The van der Waals surface area contributed by atoms with Gasteiger partial charge in [-0.05, 0) is 27.2 Å². The molecule has 0 aliphatic carbocycles. The van der Waals surface area contributed by atoms with E-state index in [1.807, 2.05) is 0 Å². The van der Waals surface area contributed by atoms with Gasteiger partial charge in [0.15, 0.2) is 0 Å². The summed E-state index contributed by atoms with van der Waals surface area (Å²) in [6.07, 6.45) is 2.89. The van der Waals surface area contributed by atoms with Crippen molar-refractivity contribution in [1.82, 2.24) is 4.90 Å². The first-order chi connectivity index (χ1) is 7.00. The predicted octanol–water partition coefficient (Wildman–Crippen LogP) is 2.06. The van der Waals surface area contributed by atoms with Crippen LogP contribution in [0.1, 0.15) is 27.2 Å². The van der Waals surface area contributed by atoms with E-state index in [0.29, 0.717) is 5.57 Å². The Kier molecular flexibility index (Phi) is 4.09. The van der Waals surface area contributed by atoms with Gasteiger partial charge in [-0.15, -0.1) is 0 Å². The van der Waals surface area contributed by atoms with Gasteiger partial charge in [-0.1, -0.05) is 17.2 Å². The van der Waals surface area contributed by atoms with Crippen molar-refractivity contribution in [3.8, 4) is 0 Å². The third-order valence-corrected chi connectivity index (χ3v) is 2.99. The van der Waals surface area contributed by atoms with Crippen molar-refractivity contribution >= 4 is 5.97 Å². The van der Waals surface area contributed by atoms with Gasteiger partial charge in [0, 0.05) is 25.2 Å². The highest BCUT2D eigenvalue weighted by atomic mass is 16.4. The molecule has 1 heterocycles. The summed E-state index contributed by atoms with van der Waals surface area (Å²) in [5.74, 6) is -0.824. The standard InChI is InChI=1S/C12H19NO2/c1-9-4-6-13(8-11(9)3)7-5-10(2)12(14)15/h5H,4,6-8H2,1-3H3,(H,14,15)/b10-5+. The van der Waals surface area contributed by atoms with E-state index in [1.54, 1.807) is 13.0 Å². The molecule has 1 aliphatic rings. The lowest BCUT2D eigenvalue weighted by atomic mass is 10.0. The van der Waals surface area contributed by atoms with E-state index in [-0.39, 0.29) is 0 Å². The normalized spacial score (nSPS) is 19.5. The summed E-state index contributed by atoms with van der Waals surface area (Å²) < 4.78 is 0. The molecule has 0 spiro atoms. The van der Waals surface area contributed by atoms with Crippen LogP contribution in [0.4, 0.5) is 0 Å². The zero-order valence-corrected chi connectivity index (χ0v) is 9.71. The Morgan fingerprint density at radius 3 is 2.67 bits per heavy atom. The molecule has 3 nitrogen and oxygen atoms in total. The van der Waals surface area contributed by atoms with Crippen molar-refractivity contribution < 1.29 is 9.90 Å². The van der Waals surface area contributed by atoms with Gasteiger partial charge in [-0.3, -0.25) is 4.90 Å². The summed E-state index contributed by atoms with van der Waals surface area (Å²) in [4.78, 5) is 12.9. The molecule has 3 heteroatoms. The van der Waals surface area contributed by atoms with Gasteiger partial charge < -0.3 is 5.11 Å². The van der Waals surface area contributed by atoms with Crippen molar-refractivity contribution in [1.29, 1.82) is 0 Å². The fourth-order valence-electron chi connectivity index (χ4n) is 1.60. The minimum Gasteiger partial charge on any atom is -0.478 e. The van der Waals surface area contributed by atoms with Crippen LogP contribution in [0, 0.1) is 0 Å². The number of hydrogen-bond acceptors (Lipinski definition) is 2. The molecule has 0 atom stereocenters. The second kappa shape index (κ2) is 5.12. The number of carboxylic acids is 1. The lowest BCUT2D eigenvalue weighted by molar-refractivity contribution is -0.132. The Labute approximate surface area is 91.1 Å². The van der Waals surface area contributed by atoms with Crippen molar-refractivity contribution in [2.24, 2.45) is 0 Å². The predicted molar refractivity (Wildman–Crippen MR) is 60.8 cm³/mol. The summed E-state index contributed by atoms with van der Waals surface area (Å²) in [5, 5.41) is 8.71. The van der Waals surface area contributed by atoms with Gasteiger partial charge in [0.1, 0.15) is 0 Å². The Balaban J connectivity index is 2.49. The van der Waals surface area contributed by atoms with Crippen LogP contribution in [0.25, 0.3) is 0 Å². The minimum atomic E-state index is -0.824. The van der Waals surface area contributed by atoms with Gasteiger partial charge in [-0.2, -0.15) is 0 Å². The summed E-state index contributed by atoms with van der Waals surface area (Å²) in [6.45, 7) is 8.70. The van der Waals surface area contributed by atoms with Crippen LogP contribution in [0.15, 0.2) is 22.8 Å². The Morgan fingerprint density at radius 2 is 2.13 bits per heavy atom. The van der Waals surface area contributed by atoms with Crippen LogP contribution in [0.5, 0.6) is 0 Å². The Hall–Kier alpha value is -1.09. The average Bonchev–Trinajstić information content (AvgIpc) is 2.19. The van der Waals surface area contributed by atoms with E-state index < -0.39 is 5.97 Å². The number of hydrogen-bond donors (Lipinski definition) is 1. The number of nitrogens with zero attached hydrogens (tertiary/aromatic N) is 1. The van der Waals surface area contributed by atoms with Gasteiger partial charge in [0.25, 0.3) is 0 Å². The van der Waals surface area contributed by atoms with Crippen LogP contribution in [0.3, 0.4) is 0 Å². The molecule has 0 bridgehead atoms. The zero-order valence-electron chi connectivity index (χ0n) is 9.71. The second-order valence-electron chi connectivity index (χ2n) is 4.24. The number of carboxylic acid groups (broad SMARTS) is 1. The number of aliphatic carboxylic acids is 1. The third kappa shape index (κ3) is 3.51. The highest BCUT2D eigenvalue weighted by molar-refractivity contribution is 5.85. The SMILES string of the molecule is CC1=C(C)CN(C/C=C(\C)C(=O)O)CC1. The maximum atomic E-state index is 10.6. The molecular weight excluding hydrogens is 190 g/mol. The van der Waals surface area contributed by atoms with Gasteiger partial charge in [0.05, 0.1) is 0 Å². The lowest BCUT2D eigenvalue weighted by Gasteiger charge is -2.27. The fourth-order valence-corrected chi connectivity index (χ4v) is 1.60. The van der Waals surface area contributed by atoms with Crippen molar-refractivity contribution in [3.63, 3.8) is 0 Å². The van der Waals surface area contributed by atoms with Crippen LogP contribution in [-0.4, -0.2) is 35.6 Å². The summed E-state index contributed by atoms with van der Waals surface area (Å²) >= 11 is 0. The molecule has 1 rings (SSSR count). The van der Waals surface area contributed by atoms with Crippen LogP contribution in [0.2, 0.25) is 0 Å². The molecule has 0 amide bonds. The van der Waals surface area contributed by atoms with Crippen LogP contribution in [-0.2, 0) is 4.79 Å². The molecule has 84 valence electrons. The first-order valence-electron chi connectivity index (χ1n) is 5.28. The van der Waals surface area contributed by atoms with E-state index in [1.165, 1.54) is 11.1 Å². The van der Waals surface area contributed by atoms with Gasteiger partial charge in [0.2, 0.25) is 0 Å². The fraction of sp³-hybridized carbons (Fsp3) is 0.583.